The quantitative estimate of drug-likeness (QED) is 0.656. The van der Waals surface area contributed by atoms with Crippen LogP contribution in [0.3, 0.4) is 0 Å². The predicted molar refractivity (Wildman–Crippen MR) is 47.2 cm³/mol. The molecule has 2 N–H and O–H groups in total. The Kier molecular flexibility index (Phi) is 2.58. The van der Waals surface area contributed by atoms with E-state index < -0.39 is 5.91 Å². The minimum Gasteiger partial charge on any atom is -0.366 e. The number of aryl methyl sites for hydroxylation is 1. The third-order valence-corrected chi connectivity index (χ3v) is 1.36. The van der Waals surface area contributed by atoms with Gasteiger partial charge in [-0.25, -0.2) is 0 Å². The van der Waals surface area contributed by atoms with Gasteiger partial charge < -0.3 is 5.73 Å². The molecule has 1 rings (SSSR count). The van der Waals surface area contributed by atoms with Gasteiger partial charge in [-0.15, -0.1) is 0 Å². The van der Waals surface area contributed by atoms with Crippen LogP contribution >= 0.6 is 0 Å². The summed E-state index contributed by atoms with van der Waals surface area (Å²) in [4.78, 5) is 14.4. The molecule has 1 amide bonds. The van der Waals surface area contributed by atoms with Crippen LogP contribution in [0.4, 0.5) is 0 Å². The highest BCUT2D eigenvalue weighted by Gasteiger charge is 1.88. The first-order valence-electron chi connectivity index (χ1n) is 3.58. The van der Waals surface area contributed by atoms with Crippen molar-refractivity contribution in [2.45, 2.75) is 6.92 Å². The van der Waals surface area contributed by atoms with Gasteiger partial charge in [0.2, 0.25) is 5.91 Å². The van der Waals surface area contributed by atoms with Crippen molar-refractivity contribution >= 4 is 12.0 Å². The van der Waals surface area contributed by atoms with Crippen LogP contribution in [0.15, 0.2) is 24.4 Å². The SMILES string of the molecule is Cc1cc(C=CC(N)=O)ccn1. The maximum atomic E-state index is 10.4. The molecule has 0 saturated heterocycles. The fourth-order valence-electron chi connectivity index (χ4n) is 0.850. The zero-order valence-corrected chi connectivity index (χ0v) is 6.82. The molecule has 0 bridgehead atoms. The van der Waals surface area contributed by atoms with E-state index >= 15 is 0 Å². The van der Waals surface area contributed by atoms with Gasteiger partial charge >= 0.3 is 0 Å². The number of hydrogen-bond acceptors (Lipinski definition) is 2. The molecule has 0 saturated carbocycles. The summed E-state index contributed by atoms with van der Waals surface area (Å²) < 4.78 is 0. The molecule has 0 fully saturated rings. The van der Waals surface area contributed by atoms with E-state index in [2.05, 4.69) is 4.98 Å². The number of nitrogens with two attached hydrogens (primary N) is 1. The van der Waals surface area contributed by atoms with Gasteiger partial charge in [0.05, 0.1) is 0 Å². The lowest BCUT2D eigenvalue weighted by molar-refractivity contribution is -0.113. The number of carbonyl (C=O) groups is 1. The van der Waals surface area contributed by atoms with Crippen LogP contribution in [-0.2, 0) is 4.79 Å². The van der Waals surface area contributed by atoms with Gasteiger partial charge in [0.15, 0.2) is 0 Å². The van der Waals surface area contributed by atoms with E-state index in [0.29, 0.717) is 0 Å². The minimum absolute atomic E-state index is 0.440. The average Bonchev–Trinajstić information content (AvgIpc) is 2.01. The normalized spacial score (nSPS) is 10.4. The monoisotopic (exact) mass is 162 g/mol. The fourth-order valence-corrected chi connectivity index (χ4v) is 0.850. The molecule has 3 heteroatoms. The third kappa shape index (κ3) is 2.54. The number of aromatic nitrogens is 1. The lowest BCUT2D eigenvalue weighted by Gasteiger charge is -1.93. The zero-order valence-electron chi connectivity index (χ0n) is 6.82. The Morgan fingerprint density at radius 1 is 1.67 bits per heavy atom. The number of primary amides is 1. The summed E-state index contributed by atoms with van der Waals surface area (Å²) in [6, 6.07) is 3.69. The summed E-state index contributed by atoms with van der Waals surface area (Å²) in [7, 11) is 0. The van der Waals surface area contributed by atoms with E-state index in [0.717, 1.165) is 11.3 Å². The topological polar surface area (TPSA) is 56.0 Å². The Hall–Kier alpha value is -1.64. The smallest absolute Gasteiger partial charge is 0.241 e. The summed E-state index contributed by atoms with van der Waals surface area (Å²) in [5.41, 5.74) is 6.79. The van der Waals surface area contributed by atoms with Crippen molar-refractivity contribution in [1.82, 2.24) is 4.98 Å². The van der Waals surface area contributed by atoms with Gasteiger partial charge in [-0.1, -0.05) is 0 Å². The zero-order chi connectivity index (χ0) is 8.97. The molecule has 12 heavy (non-hydrogen) atoms. The molecule has 0 aromatic carbocycles. The summed E-state index contributed by atoms with van der Waals surface area (Å²) in [6.07, 6.45) is 4.68. The van der Waals surface area contributed by atoms with Crippen LogP contribution in [0, 0.1) is 6.92 Å². The number of amides is 1. The highest BCUT2D eigenvalue weighted by atomic mass is 16.1. The maximum absolute atomic E-state index is 10.4. The van der Waals surface area contributed by atoms with Crippen LogP contribution in [0.5, 0.6) is 0 Å². The lowest BCUT2D eigenvalue weighted by atomic mass is 10.2. The second-order valence-electron chi connectivity index (χ2n) is 2.47. The highest BCUT2D eigenvalue weighted by Crippen LogP contribution is 2.02. The molecule has 0 aliphatic rings. The van der Waals surface area contributed by atoms with Crippen molar-refractivity contribution in [3.8, 4) is 0 Å². The van der Waals surface area contributed by atoms with Crippen LogP contribution in [0.25, 0.3) is 6.08 Å². The second-order valence-corrected chi connectivity index (χ2v) is 2.47. The maximum Gasteiger partial charge on any atom is 0.241 e. The summed E-state index contributed by atoms with van der Waals surface area (Å²) in [5.74, 6) is -0.440. The summed E-state index contributed by atoms with van der Waals surface area (Å²) in [6.45, 7) is 1.89. The Morgan fingerprint density at radius 2 is 2.42 bits per heavy atom. The standard InChI is InChI=1S/C9H10N2O/c1-7-6-8(4-5-11-7)2-3-9(10)12/h2-6H,1H3,(H2,10,12). The van der Waals surface area contributed by atoms with Gasteiger partial charge in [-0.2, -0.15) is 0 Å². The van der Waals surface area contributed by atoms with Crippen LogP contribution < -0.4 is 5.73 Å². The molecule has 0 unspecified atom stereocenters. The van der Waals surface area contributed by atoms with Crippen molar-refractivity contribution < 1.29 is 4.79 Å². The van der Waals surface area contributed by atoms with Gasteiger partial charge in [-0.05, 0) is 30.7 Å². The molecule has 0 spiro atoms. The van der Waals surface area contributed by atoms with Gasteiger partial charge in [0.25, 0.3) is 0 Å². The van der Waals surface area contributed by atoms with E-state index in [1.807, 2.05) is 19.1 Å². The van der Waals surface area contributed by atoms with Crippen LogP contribution in [-0.4, -0.2) is 10.9 Å². The van der Waals surface area contributed by atoms with Crippen molar-refractivity contribution in [2.75, 3.05) is 0 Å². The molecule has 0 radical (unpaired) electrons. The summed E-state index contributed by atoms with van der Waals surface area (Å²) in [5, 5.41) is 0. The minimum atomic E-state index is -0.440. The number of pyridine rings is 1. The summed E-state index contributed by atoms with van der Waals surface area (Å²) >= 11 is 0. The van der Waals surface area contributed by atoms with Crippen molar-refractivity contribution in [3.05, 3.63) is 35.7 Å². The first-order valence-corrected chi connectivity index (χ1v) is 3.58. The third-order valence-electron chi connectivity index (χ3n) is 1.36. The van der Waals surface area contributed by atoms with Gasteiger partial charge in [0.1, 0.15) is 0 Å². The predicted octanol–water partition coefficient (Wildman–Crippen LogP) is 0.889. The molecular formula is C9H10N2O. The van der Waals surface area contributed by atoms with Crippen molar-refractivity contribution in [1.29, 1.82) is 0 Å². The highest BCUT2D eigenvalue weighted by molar-refractivity contribution is 5.90. The second kappa shape index (κ2) is 3.67. The first kappa shape index (κ1) is 8.46. The van der Waals surface area contributed by atoms with E-state index in [1.165, 1.54) is 6.08 Å². The molecule has 1 heterocycles. The molecular weight excluding hydrogens is 152 g/mol. The average molecular weight is 162 g/mol. The lowest BCUT2D eigenvalue weighted by Crippen LogP contribution is -2.05. The van der Waals surface area contributed by atoms with E-state index in [-0.39, 0.29) is 0 Å². The molecule has 0 atom stereocenters. The Balaban J connectivity index is 2.83. The van der Waals surface area contributed by atoms with Crippen molar-refractivity contribution in [2.24, 2.45) is 5.73 Å². The van der Waals surface area contributed by atoms with Gasteiger partial charge in [0, 0.05) is 18.0 Å². The molecule has 0 aliphatic heterocycles. The number of hydrogen-bond donors (Lipinski definition) is 1. The Labute approximate surface area is 70.9 Å². The van der Waals surface area contributed by atoms with Crippen LogP contribution in [0.1, 0.15) is 11.3 Å². The Bertz CT molecular complexity index is 318. The first-order chi connectivity index (χ1) is 5.68. The number of nitrogens with zero attached hydrogens (tertiary/aromatic N) is 1. The molecule has 62 valence electrons. The van der Waals surface area contributed by atoms with Crippen LogP contribution in [0.2, 0.25) is 0 Å². The molecule has 0 aliphatic carbocycles. The number of carbonyl (C=O) groups excluding carboxylic acids is 1. The number of rotatable bonds is 2. The Morgan fingerprint density at radius 3 is 3.00 bits per heavy atom. The van der Waals surface area contributed by atoms with E-state index in [4.69, 9.17) is 5.73 Å². The molecule has 1 aromatic rings. The fraction of sp³-hybridized carbons (Fsp3) is 0.111. The molecule has 1 aromatic heterocycles. The van der Waals surface area contributed by atoms with Gasteiger partial charge in [-0.3, -0.25) is 9.78 Å². The van der Waals surface area contributed by atoms with Crippen molar-refractivity contribution in [3.63, 3.8) is 0 Å². The van der Waals surface area contributed by atoms with E-state index in [9.17, 15) is 4.79 Å². The largest absolute Gasteiger partial charge is 0.366 e. The van der Waals surface area contributed by atoms with E-state index in [1.54, 1.807) is 12.3 Å². The molecule has 3 nitrogen and oxygen atoms in total.